The Labute approximate surface area is 220 Å². The van der Waals surface area contributed by atoms with E-state index >= 15 is 0 Å². The minimum atomic E-state index is -0.613. The second-order valence-corrected chi connectivity index (χ2v) is 10.4. The topological polar surface area (TPSA) is 63.0 Å². The molecule has 1 aromatic heterocycles. The largest absolute Gasteiger partial charge is 0.481 e. The van der Waals surface area contributed by atoms with E-state index in [1.807, 2.05) is 36.1 Å². The van der Waals surface area contributed by atoms with Crippen LogP contribution < -0.4 is 4.74 Å². The normalized spacial score (nSPS) is 15.8. The molecule has 6 nitrogen and oxygen atoms in total. The van der Waals surface area contributed by atoms with Gasteiger partial charge in [0, 0.05) is 20.0 Å². The standard InChI is InChI=1S/C31H38N2O4/c1-6-28(31(35)32(5)20-26-8-7-17-36-26)37-25-14-13-23-15-16-33(29(34)18-21(2)3)30(27(23)19-25)24-11-9-22(4)10-12-24/h7-14,17,19,21,28,30H,6,15-16,18,20H2,1-5H3. The van der Waals surface area contributed by atoms with Gasteiger partial charge in [-0.2, -0.15) is 0 Å². The maximum atomic E-state index is 13.3. The average molecular weight is 503 g/mol. The van der Waals surface area contributed by atoms with E-state index in [1.165, 1.54) is 11.1 Å². The van der Waals surface area contributed by atoms with Crippen LogP contribution in [0, 0.1) is 12.8 Å². The fourth-order valence-electron chi connectivity index (χ4n) is 4.94. The highest BCUT2D eigenvalue weighted by atomic mass is 16.5. The summed E-state index contributed by atoms with van der Waals surface area (Å²) in [5.41, 5.74) is 4.54. The van der Waals surface area contributed by atoms with E-state index in [9.17, 15) is 9.59 Å². The highest BCUT2D eigenvalue weighted by Crippen LogP contribution is 2.38. The van der Waals surface area contributed by atoms with Gasteiger partial charge in [0.05, 0.1) is 18.8 Å². The van der Waals surface area contributed by atoms with Gasteiger partial charge in [0.1, 0.15) is 11.5 Å². The number of likely N-dealkylation sites (N-methyl/N-ethyl adjacent to an activating group) is 1. The zero-order chi connectivity index (χ0) is 26.5. The first-order chi connectivity index (χ1) is 17.8. The van der Waals surface area contributed by atoms with Crippen molar-refractivity contribution in [2.75, 3.05) is 13.6 Å². The third kappa shape index (κ3) is 6.24. The summed E-state index contributed by atoms with van der Waals surface area (Å²) in [6.07, 6.45) is 2.84. The fraction of sp³-hybridized carbons (Fsp3) is 0.419. The van der Waals surface area contributed by atoms with Crippen molar-refractivity contribution in [2.24, 2.45) is 5.92 Å². The van der Waals surface area contributed by atoms with Gasteiger partial charge in [-0.15, -0.1) is 0 Å². The van der Waals surface area contributed by atoms with Crippen molar-refractivity contribution >= 4 is 11.8 Å². The van der Waals surface area contributed by atoms with Crippen molar-refractivity contribution in [3.05, 3.63) is 88.9 Å². The molecule has 0 fully saturated rings. The Bertz CT molecular complexity index is 1200. The summed E-state index contributed by atoms with van der Waals surface area (Å²) in [7, 11) is 1.76. The minimum Gasteiger partial charge on any atom is -0.481 e. The van der Waals surface area contributed by atoms with Gasteiger partial charge in [-0.25, -0.2) is 0 Å². The smallest absolute Gasteiger partial charge is 0.263 e. The van der Waals surface area contributed by atoms with Gasteiger partial charge in [-0.3, -0.25) is 9.59 Å². The second-order valence-electron chi connectivity index (χ2n) is 10.4. The van der Waals surface area contributed by atoms with E-state index < -0.39 is 6.10 Å². The minimum absolute atomic E-state index is 0.0968. The molecule has 2 heterocycles. The summed E-state index contributed by atoms with van der Waals surface area (Å²) < 4.78 is 11.7. The molecule has 2 unspecified atom stereocenters. The van der Waals surface area contributed by atoms with Crippen LogP contribution in [0.5, 0.6) is 5.75 Å². The van der Waals surface area contributed by atoms with Gasteiger partial charge in [0.25, 0.3) is 5.91 Å². The van der Waals surface area contributed by atoms with Crippen molar-refractivity contribution in [3.63, 3.8) is 0 Å². The number of carbonyl (C=O) groups excluding carboxylic acids is 2. The van der Waals surface area contributed by atoms with Crippen molar-refractivity contribution in [2.45, 2.75) is 65.6 Å². The predicted octanol–water partition coefficient (Wildman–Crippen LogP) is 5.92. The van der Waals surface area contributed by atoms with Crippen LogP contribution in [0.15, 0.2) is 65.3 Å². The van der Waals surface area contributed by atoms with Crippen LogP contribution in [0.25, 0.3) is 0 Å². The lowest BCUT2D eigenvalue weighted by molar-refractivity contribution is -0.138. The van der Waals surface area contributed by atoms with Crippen LogP contribution in [-0.4, -0.2) is 41.3 Å². The molecule has 1 aliphatic heterocycles. The summed E-state index contributed by atoms with van der Waals surface area (Å²) in [4.78, 5) is 30.1. The maximum absolute atomic E-state index is 13.3. The number of furan rings is 1. The quantitative estimate of drug-likeness (QED) is 0.364. The van der Waals surface area contributed by atoms with Crippen LogP contribution in [0.1, 0.15) is 67.7 Å². The molecule has 1 aliphatic rings. The first-order valence-electron chi connectivity index (χ1n) is 13.2. The van der Waals surface area contributed by atoms with Gasteiger partial charge >= 0.3 is 0 Å². The lowest BCUT2D eigenvalue weighted by Crippen LogP contribution is -2.41. The van der Waals surface area contributed by atoms with Crippen LogP contribution in [0.4, 0.5) is 0 Å². The third-order valence-electron chi connectivity index (χ3n) is 6.92. The van der Waals surface area contributed by atoms with E-state index in [1.54, 1.807) is 18.2 Å². The molecule has 0 spiro atoms. The number of benzene rings is 2. The summed E-state index contributed by atoms with van der Waals surface area (Å²) >= 11 is 0. The summed E-state index contributed by atoms with van der Waals surface area (Å²) in [5, 5.41) is 0. The SMILES string of the molecule is CCC(Oc1ccc2c(c1)C(c1ccc(C)cc1)N(C(=O)CC(C)C)CC2)C(=O)N(C)Cc1ccco1. The van der Waals surface area contributed by atoms with Crippen LogP contribution in [0.3, 0.4) is 0 Å². The number of rotatable bonds is 9. The molecular formula is C31H38N2O4. The summed E-state index contributed by atoms with van der Waals surface area (Å²) in [6.45, 7) is 9.24. The number of nitrogens with zero attached hydrogens (tertiary/aromatic N) is 2. The molecule has 0 saturated carbocycles. The highest BCUT2D eigenvalue weighted by molar-refractivity contribution is 5.81. The molecule has 37 heavy (non-hydrogen) atoms. The Morgan fingerprint density at radius 1 is 1.14 bits per heavy atom. The number of amides is 2. The van der Waals surface area contributed by atoms with E-state index in [-0.39, 0.29) is 23.8 Å². The number of aryl methyl sites for hydroxylation is 1. The van der Waals surface area contributed by atoms with Crippen LogP contribution in [-0.2, 0) is 22.6 Å². The second kappa shape index (κ2) is 11.7. The molecule has 0 radical (unpaired) electrons. The van der Waals surface area contributed by atoms with E-state index in [2.05, 4.69) is 51.1 Å². The lowest BCUT2D eigenvalue weighted by Gasteiger charge is -2.38. The number of fused-ring (bicyclic) bond motifs is 1. The zero-order valence-corrected chi connectivity index (χ0v) is 22.6. The molecule has 6 heteroatoms. The zero-order valence-electron chi connectivity index (χ0n) is 22.6. The van der Waals surface area contributed by atoms with Gasteiger partial charge in [-0.05, 0) is 66.6 Å². The number of hydrogen-bond donors (Lipinski definition) is 0. The van der Waals surface area contributed by atoms with Crippen molar-refractivity contribution in [3.8, 4) is 5.75 Å². The highest BCUT2D eigenvalue weighted by Gasteiger charge is 2.33. The summed E-state index contributed by atoms with van der Waals surface area (Å²) in [6, 6.07) is 17.9. The molecule has 0 bridgehead atoms. The van der Waals surface area contributed by atoms with E-state index in [0.29, 0.717) is 31.7 Å². The molecule has 2 amide bonds. The Hall–Kier alpha value is -3.54. The summed E-state index contributed by atoms with van der Waals surface area (Å²) in [5.74, 6) is 1.73. The molecule has 2 atom stereocenters. The Morgan fingerprint density at radius 2 is 1.89 bits per heavy atom. The van der Waals surface area contributed by atoms with Gasteiger partial charge in [0.15, 0.2) is 6.10 Å². The monoisotopic (exact) mass is 502 g/mol. The first-order valence-corrected chi connectivity index (χ1v) is 13.2. The Balaban J connectivity index is 1.62. The van der Waals surface area contributed by atoms with Gasteiger partial charge < -0.3 is 19.0 Å². The molecule has 0 N–H and O–H groups in total. The van der Waals surface area contributed by atoms with Crippen molar-refractivity contribution in [1.82, 2.24) is 9.80 Å². The van der Waals surface area contributed by atoms with E-state index in [4.69, 9.17) is 9.15 Å². The molecular weight excluding hydrogens is 464 g/mol. The maximum Gasteiger partial charge on any atom is 0.263 e. The number of carbonyl (C=O) groups is 2. The Kier molecular flexibility index (Phi) is 8.37. The molecule has 196 valence electrons. The Morgan fingerprint density at radius 3 is 2.54 bits per heavy atom. The third-order valence-corrected chi connectivity index (χ3v) is 6.92. The lowest BCUT2D eigenvalue weighted by atomic mass is 9.87. The van der Waals surface area contributed by atoms with Crippen molar-refractivity contribution < 1.29 is 18.7 Å². The molecule has 4 rings (SSSR count). The average Bonchev–Trinajstić information content (AvgIpc) is 3.39. The van der Waals surface area contributed by atoms with E-state index in [0.717, 1.165) is 23.3 Å². The van der Waals surface area contributed by atoms with Gasteiger partial charge in [0.2, 0.25) is 5.91 Å². The molecule has 3 aromatic rings. The number of ether oxygens (including phenoxy) is 1. The fourth-order valence-corrected chi connectivity index (χ4v) is 4.94. The van der Waals surface area contributed by atoms with Gasteiger partial charge in [-0.1, -0.05) is 56.7 Å². The molecule has 2 aromatic carbocycles. The molecule has 0 aliphatic carbocycles. The van der Waals surface area contributed by atoms with Crippen LogP contribution in [0.2, 0.25) is 0 Å². The van der Waals surface area contributed by atoms with Crippen LogP contribution >= 0.6 is 0 Å². The number of hydrogen-bond acceptors (Lipinski definition) is 4. The van der Waals surface area contributed by atoms with Crippen molar-refractivity contribution in [1.29, 1.82) is 0 Å². The predicted molar refractivity (Wildman–Crippen MR) is 144 cm³/mol. The first kappa shape index (κ1) is 26.5. The molecule has 0 saturated heterocycles.